The molecule has 82 valence electrons. The first-order valence-electron chi connectivity index (χ1n) is 4.51. The van der Waals surface area contributed by atoms with Crippen molar-refractivity contribution in [2.45, 2.75) is 0 Å². The number of carbonyl (C=O) groups is 3. The summed E-state index contributed by atoms with van der Waals surface area (Å²) >= 11 is 0. The minimum atomic E-state index is -0.496. The molecule has 0 unspecified atom stereocenters. The fourth-order valence-electron chi connectivity index (χ4n) is 1.17. The molecular weight excluding hydrogens is 208 g/mol. The van der Waals surface area contributed by atoms with E-state index in [1.165, 1.54) is 25.3 Å². The highest BCUT2D eigenvalue weighted by molar-refractivity contribution is 5.89. The molecule has 1 rings (SSSR count). The van der Waals surface area contributed by atoms with Crippen LogP contribution in [-0.2, 0) is 9.53 Å². The number of ether oxygens (including phenoxy) is 1. The summed E-state index contributed by atoms with van der Waals surface area (Å²) in [6, 6.07) is 4.61. The summed E-state index contributed by atoms with van der Waals surface area (Å²) in [6.07, 6.45) is 3.98. The van der Waals surface area contributed by atoms with Gasteiger partial charge in [-0.15, -0.1) is 0 Å². The Labute approximate surface area is 92.5 Å². The van der Waals surface area contributed by atoms with Crippen LogP contribution < -0.4 is 0 Å². The number of methoxy groups -OCH3 is 1. The molecule has 0 atom stereocenters. The molecule has 1 aromatic carbocycles. The van der Waals surface area contributed by atoms with Crippen molar-refractivity contribution in [3.8, 4) is 0 Å². The van der Waals surface area contributed by atoms with Crippen molar-refractivity contribution < 1.29 is 19.1 Å². The third-order valence-electron chi connectivity index (χ3n) is 1.89. The first-order chi connectivity index (χ1) is 7.69. The zero-order valence-corrected chi connectivity index (χ0v) is 8.67. The van der Waals surface area contributed by atoms with Crippen molar-refractivity contribution in [3.63, 3.8) is 0 Å². The van der Waals surface area contributed by atoms with Gasteiger partial charge in [-0.05, 0) is 29.8 Å². The Hall–Kier alpha value is -2.23. The van der Waals surface area contributed by atoms with Gasteiger partial charge >= 0.3 is 5.97 Å². The van der Waals surface area contributed by atoms with Crippen molar-refractivity contribution in [1.29, 1.82) is 0 Å². The molecule has 0 aromatic heterocycles. The largest absolute Gasteiger partial charge is 0.466 e. The SMILES string of the molecule is COC(=O)C=Cc1cc(C=O)cc(C=O)c1. The molecule has 0 aliphatic rings. The fourth-order valence-corrected chi connectivity index (χ4v) is 1.17. The summed E-state index contributed by atoms with van der Waals surface area (Å²) in [5, 5.41) is 0. The molecule has 16 heavy (non-hydrogen) atoms. The first kappa shape index (κ1) is 11.8. The van der Waals surface area contributed by atoms with E-state index in [4.69, 9.17) is 0 Å². The van der Waals surface area contributed by atoms with Crippen LogP contribution in [0.5, 0.6) is 0 Å². The lowest BCUT2D eigenvalue weighted by Gasteiger charge is -1.98. The predicted molar refractivity (Wildman–Crippen MR) is 58.3 cm³/mol. The molecule has 0 radical (unpaired) electrons. The highest BCUT2D eigenvalue weighted by Crippen LogP contribution is 2.09. The maximum atomic E-state index is 10.8. The van der Waals surface area contributed by atoms with Crippen LogP contribution >= 0.6 is 0 Å². The van der Waals surface area contributed by atoms with Gasteiger partial charge in [0.05, 0.1) is 7.11 Å². The van der Waals surface area contributed by atoms with Gasteiger partial charge in [-0.1, -0.05) is 0 Å². The number of hydrogen-bond donors (Lipinski definition) is 0. The van der Waals surface area contributed by atoms with Crippen molar-refractivity contribution in [3.05, 3.63) is 41.0 Å². The molecule has 0 heterocycles. The number of esters is 1. The second-order valence-corrected chi connectivity index (χ2v) is 3.03. The van der Waals surface area contributed by atoms with Crippen molar-refractivity contribution >= 4 is 24.6 Å². The molecule has 0 N–H and O–H groups in total. The average Bonchev–Trinajstić information content (AvgIpc) is 2.35. The molecule has 0 aliphatic carbocycles. The van der Waals surface area contributed by atoms with E-state index in [0.717, 1.165) is 0 Å². The van der Waals surface area contributed by atoms with Crippen LogP contribution in [0.1, 0.15) is 26.3 Å². The lowest BCUT2D eigenvalue weighted by molar-refractivity contribution is -0.134. The Balaban J connectivity index is 3.04. The quantitative estimate of drug-likeness (QED) is 0.436. The molecule has 0 saturated heterocycles. The molecule has 0 amide bonds. The molecule has 0 spiro atoms. The van der Waals surface area contributed by atoms with Gasteiger partial charge in [0.15, 0.2) is 0 Å². The van der Waals surface area contributed by atoms with Crippen LogP contribution in [0.25, 0.3) is 6.08 Å². The Bertz CT molecular complexity index is 420. The molecule has 4 heteroatoms. The van der Waals surface area contributed by atoms with E-state index in [2.05, 4.69) is 4.74 Å². The van der Waals surface area contributed by atoms with Gasteiger partial charge in [-0.2, -0.15) is 0 Å². The van der Waals surface area contributed by atoms with E-state index in [9.17, 15) is 14.4 Å². The van der Waals surface area contributed by atoms with E-state index in [1.54, 1.807) is 12.1 Å². The smallest absolute Gasteiger partial charge is 0.330 e. The summed E-state index contributed by atoms with van der Waals surface area (Å²) < 4.78 is 4.42. The Morgan fingerprint density at radius 2 is 1.56 bits per heavy atom. The van der Waals surface area contributed by atoms with E-state index >= 15 is 0 Å². The Morgan fingerprint density at radius 3 is 2.00 bits per heavy atom. The summed E-state index contributed by atoms with van der Waals surface area (Å²) in [4.78, 5) is 32.0. The number of hydrogen-bond acceptors (Lipinski definition) is 4. The standard InChI is InChI=1S/C12H10O4/c1-16-12(15)3-2-9-4-10(7-13)6-11(5-9)8-14/h2-8H,1H3. The van der Waals surface area contributed by atoms with Gasteiger partial charge in [0.2, 0.25) is 0 Å². The second-order valence-electron chi connectivity index (χ2n) is 3.03. The van der Waals surface area contributed by atoms with E-state index < -0.39 is 5.97 Å². The monoisotopic (exact) mass is 218 g/mol. The van der Waals surface area contributed by atoms with Crippen LogP contribution in [0.2, 0.25) is 0 Å². The van der Waals surface area contributed by atoms with E-state index in [1.807, 2.05) is 0 Å². The molecule has 4 nitrogen and oxygen atoms in total. The Morgan fingerprint density at radius 1 is 1.06 bits per heavy atom. The van der Waals surface area contributed by atoms with Gasteiger partial charge in [0.1, 0.15) is 12.6 Å². The Kier molecular flexibility index (Phi) is 4.15. The number of carbonyl (C=O) groups excluding carboxylic acids is 3. The number of rotatable bonds is 4. The third kappa shape index (κ3) is 3.16. The molecule has 1 aromatic rings. The normalized spacial score (nSPS) is 10.1. The van der Waals surface area contributed by atoms with Gasteiger partial charge in [-0.25, -0.2) is 4.79 Å². The fraction of sp³-hybridized carbons (Fsp3) is 0.0833. The van der Waals surface area contributed by atoms with Gasteiger partial charge in [-0.3, -0.25) is 9.59 Å². The first-order valence-corrected chi connectivity index (χ1v) is 4.51. The van der Waals surface area contributed by atoms with Crippen molar-refractivity contribution in [2.75, 3.05) is 7.11 Å². The molecule has 0 fully saturated rings. The van der Waals surface area contributed by atoms with Crippen LogP contribution in [0.3, 0.4) is 0 Å². The van der Waals surface area contributed by atoms with Crippen LogP contribution in [0.15, 0.2) is 24.3 Å². The van der Waals surface area contributed by atoms with E-state index in [-0.39, 0.29) is 0 Å². The highest BCUT2D eigenvalue weighted by atomic mass is 16.5. The van der Waals surface area contributed by atoms with Gasteiger partial charge in [0.25, 0.3) is 0 Å². The van der Waals surface area contributed by atoms with Crippen molar-refractivity contribution in [2.24, 2.45) is 0 Å². The van der Waals surface area contributed by atoms with Crippen LogP contribution in [0, 0.1) is 0 Å². The summed E-state index contributed by atoms with van der Waals surface area (Å²) in [7, 11) is 1.27. The summed E-state index contributed by atoms with van der Waals surface area (Å²) in [5.74, 6) is -0.496. The molecule has 0 bridgehead atoms. The third-order valence-corrected chi connectivity index (χ3v) is 1.89. The van der Waals surface area contributed by atoms with Gasteiger partial charge in [0, 0.05) is 17.2 Å². The van der Waals surface area contributed by atoms with E-state index in [0.29, 0.717) is 29.3 Å². The molecular formula is C12H10O4. The lowest BCUT2D eigenvalue weighted by Crippen LogP contribution is -1.94. The number of benzene rings is 1. The zero-order chi connectivity index (χ0) is 12.0. The minimum Gasteiger partial charge on any atom is -0.466 e. The predicted octanol–water partition coefficient (Wildman–Crippen LogP) is 1.50. The average molecular weight is 218 g/mol. The van der Waals surface area contributed by atoms with Crippen LogP contribution in [-0.4, -0.2) is 25.7 Å². The zero-order valence-electron chi connectivity index (χ0n) is 8.67. The topological polar surface area (TPSA) is 60.4 Å². The maximum Gasteiger partial charge on any atom is 0.330 e. The summed E-state index contributed by atoms with van der Waals surface area (Å²) in [5.41, 5.74) is 1.36. The minimum absolute atomic E-state index is 0.383. The van der Waals surface area contributed by atoms with Crippen molar-refractivity contribution in [1.82, 2.24) is 0 Å². The summed E-state index contributed by atoms with van der Waals surface area (Å²) in [6.45, 7) is 0. The maximum absolute atomic E-state index is 10.8. The number of aldehydes is 2. The lowest BCUT2D eigenvalue weighted by atomic mass is 10.1. The highest BCUT2D eigenvalue weighted by Gasteiger charge is 1.98. The molecule has 0 aliphatic heterocycles. The second kappa shape index (κ2) is 5.60. The van der Waals surface area contributed by atoms with Crippen LogP contribution in [0.4, 0.5) is 0 Å². The molecule has 0 saturated carbocycles. The van der Waals surface area contributed by atoms with Gasteiger partial charge < -0.3 is 4.74 Å².